The number of amides is 1. The quantitative estimate of drug-likeness (QED) is 0.625. The van der Waals surface area contributed by atoms with Crippen LogP contribution in [0.25, 0.3) is 10.9 Å². The number of likely N-dealkylation sites (tertiary alicyclic amines) is 1. The summed E-state index contributed by atoms with van der Waals surface area (Å²) in [6, 6.07) is 8.21. The molecule has 6 nitrogen and oxygen atoms in total. The van der Waals surface area contributed by atoms with Crippen LogP contribution in [-0.2, 0) is 18.0 Å². The zero-order valence-electron chi connectivity index (χ0n) is 18.0. The van der Waals surface area contributed by atoms with Gasteiger partial charge in [0.1, 0.15) is 11.5 Å². The lowest BCUT2D eigenvalue weighted by Gasteiger charge is -2.29. The Bertz CT molecular complexity index is 1180. The van der Waals surface area contributed by atoms with Crippen LogP contribution in [-0.4, -0.2) is 44.9 Å². The molecule has 1 saturated heterocycles. The number of aliphatic hydroxyl groups excluding tert-OH is 1. The van der Waals surface area contributed by atoms with Crippen molar-refractivity contribution in [3.8, 4) is 11.5 Å². The van der Waals surface area contributed by atoms with Crippen LogP contribution in [0.1, 0.15) is 36.3 Å². The van der Waals surface area contributed by atoms with Gasteiger partial charge in [-0.2, -0.15) is 18.3 Å². The predicted octanol–water partition coefficient (Wildman–Crippen LogP) is 4.47. The van der Waals surface area contributed by atoms with Crippen molar-refractivity contribution in [3.63, 3.8) is 0 Å². The number of alkyl halides is 3. The highest BCUT2D eigenvalue weighted by atomic mass is 19.4. The van der Waals surface area contributed by atoms with Crippen molar-refractivity contribution in [1.82, 2.24) is 14.7 Å². The Hall–Kier alpha value is -3.07. The number of fused-ring (bicyclic) bond motifs is 1. The van der Waals surface area contributed by atoms with E-state index >= 15 is 0 Å². The number of carbonyl (C=O) groups is 1. The van der Waals surface area contributed by atoms with Gasteiger partial charge in [0.05, 0.1) is 17.2 Å². The molecule has 1 aromatic heterocycles. The van der Waals surface area contributed by atoms with Crippen LogP contribution in [0.2, 0.25) is 0 Å². The third-order valence-corrected chi connectivity index (χ3v) is 6.43. The van der Waals surface area contributed by atoms with Crippen LogP contribution in [0, 0.1) is 5.92 Å². The largest absolute Gasteiger partial charge is 0.457 e. The Kier molecular flexibility index (Phi) is 5.31. The van der Waals surface area contributed by atoms with Crippen molar-refractivity contribution in [1.29, 1.82) is 0 Å². The van der Waals surface area contributed by atoms with Crippen molar-refractivity contribution < 1.29 is 27.8 Å². The first-order valence-electron chi connectivity index (χ1n) is 11.0. The minimum atomic E-state index is -4.40. The summed E-state index contributed by atoms with van der Waals surface area (Å²) < 4.78 is 46.1. The van der Waals surface area contributed by atoms with Gasteiger partial charge in [-0.1, -0.05) is 0 Å². The van der Waals surface area contributed by atoms with E-state index < -0.39 is 11.7 Å². The average Bonchev–Trinajstić information content (AvgIpc) is 3.47. The first-order chi connectivity index (χ1) is 15.7. The summed E-state index contributed by atoms with van der Waals surface area (Å²) in [5.74, 6) is 0.770. The second kappa shape index (κ2) is 8.06. The van der Waals surface area contributed by atoms with Crippen molar-refractivity contribution >= 4 is 16.8 Å². The van der Waals surface area contributed by atoms with Crippen LogP contribution < -0.4 is 4.74 Å². The molecule has 0 radical (unpaired) electrons. The molecule has 1 amide bonds. The first kappa shape index (κ1) is 21.8. The molecule has 1 saturated carbocycles. The number of piperidine rings is 1. The van der Waals surface area contributed by atoms with Gasteiger partial charge in [-0.15, -0.1) is 0 Å². The fraction of sp³-hybridized carbons (Fsp3) is 0.417. The van der Waals surface area contributed by atoms with Gasteiger partial charge in [0.25, 0.3) is 0 Å². The Morgan fingerprint density at radius 3 is 2.48 bits per heavy atom. The van der Waals surface area contributed by atoms with E-state index in [4.69, 9.17) is 4.74 Å². The monoisotopic (exact) mass is 459 g/mol. The standard InChI is InChI=1S/C24H24F3N3O3/c1-29-13-14-10-18(33-17-4-2-15(3-5-17)24(25,26)27)11-20(22(14)28-29)19-12-21(19)23(32)30-8-6-16(31)7-9-30/h2-5,10-11,13,16,19,21,31H,6-9,12H2,1H3/t19-,21+/m0/s1. The summed E-state index contributed by atoms with van der Waals surface area (Å²) in [5, 5.41) is 15.1. The van der Waals surface area contributed by atoms with Gasteiger partial charge in [0.15, 0.2) is 0 Å². The summed E-state index contributed by atoms with van der Waals surface area (Å²) in [6.45, 7) is 1.14. The van der Waals surface area contributed by atoms with E-state index in [1.165, 1.54) is 12.1 Å². The number of aryl methyl sites for hydroxylation is 1. The van der Waals surface area contributed by atoms with Crippen molar-refractivity contribution in [2.45, 2.75) is 37.5 Å². The molecule has 0 unspecified atom stereocenters. The van der Waals surface area contributed by atoms with Crippen LogP contribution in [0.5, 0.6) is 11.5 Å². The maximum atomic E-state index is 13.0. The normalized spacial score (nSPS) is 21.4. The second-order valence-electron chi connectivity index (χ2n) is 8.88. The molecule has 2 aliphatic rings. The zero-order valence-corrected chi connectivity index (χ0v) is 18.0. The number of carbonyl (C=O) groups excluding carboxylic acids is 1. The number of aromatic nitrogens is 2. The number of hydrogen-bond donors (Lipinski definition) is 1. The summed E-state index contributed by atoms with van der Waals surface area (Å²) in [5.41, 5.74) is 0.972. The molecule has 2 heterocycles. The third kappa shape index (κ3) is 4.42. The van der Waals surface area contributed by atoms with Gasteiger partial charge >= 0.3 is 6.18 Å². The van der Waals surface area contributed by atoms with E-state index in [1.54, 1.807) is 10.7 Å². The lowest BCUT2D eigenvalue weighted by Crippen LogP contribution is -2.41. The molecule has 1 N–H and O–H groups in total. The predicted molar refractivity (Wildman–Crippen MR) is 115 cm³/mol. The van der Waals surface area contributed by atoms with Gasteiger partial charge < -0.3 is 14.7 Å². The summed E-state index contributed by atoms with van der Waals surface area (Å²) >= 11 is 0. The maximum Gasteiger partial charge on any atom is 0.416 e. The number of ether oxygens (including phenoxy) is 1. The Balaban J connectivity index is 1.38. The van der Waals surface area contributed by atoms with Crippen molar-refractivity contribution in [3.05, 3.63) is 53.7 Å². The molecular weight excluding hydrogens is 435 g/mol. The van der Waals surface area contributed by atoms with E-state index in [-0.39, 0.29) is 23.8 Å². The minimum Gasteiger partial charge on any atom is -0.457 e. The number of rotatable bonds is 4. The molecule has 3 aromatic rings. The van der Waals surface area contributed by atoms with E-state index in [0.717, 1.165) is 28.6 Å². The Labute approximate surface area is 188 Å². The topological polar surface area (TPSA) is 67.6 Å². The molecule has 1 aliphatic carbocycles. The molecule has 2 atom stereocenters. The molecule has 33 heavy (non-hydrogen) atoms. The molecule has 2 fully saturated rings. The Morgan fingerprint density at radius 2 is 1.82 bits per heavy atom. The van der Waals surface area contributed by atoms with Crippen LogP contribution in [0.15, 0.2) is 42.6 Å². The summed E-state index contributed by atoms with van der Waals surface area (Å²) in [6.07, 6.45) is -0.970. The maximum absolute atomic E-state index is 13.0. The molecule has 5 rings (SSSR count). The van der Waals surface area contributed by atoms with E-state index in [9.17, 15) is 23.1 Å². The summed E-state index contributed by atoms with van der Waals surface area (Å²) in [7, 11) is 1.81. The lowest BCUT2D eigenvalue weighted by atomic mass is 10.0. The molecule has 174 valence electrons. The first-order valence-corrected chi connectivity index (χ1v) is 11.0. The highest BCUT2D eigenvalue weighted by Crippen LogP contribution is 2.51. The SMILES string of the molecule is Cn1cc2cc(Oc3ccc(C(F)(F)F)cc3)cc([C@@H]3C[C@H]3C(=O)N3CCC(O)CC3)c2n1. The molecule has 0 bridgehead atoms. The van der Waals surface area contributed by atoms with Crippen LogP contribution in [0.3, 0.4) is 0 Å². The van der Waals surface area contributed by atoms with E-state index in [1.807, 2.05) is 24.2 Å². The number of benzene rings is 2. The zero-order chi connectivity index (χ0) is 23.3. The van der Waals surface area contributed by atoms with Gasteiger partial charge in [0.2, 0.25) is 5.91 Å². The van der Waals surface area contributed by atoms with Crippen molar-refractivity contribution in [2.75, 3.05) is 13.1 Å². The van der Waals surface area contributed by atoms with Crippen molar-refractivity contribution in [2.24, 2.45) is 13.0 Å². The van der Waals surface area contributed by atoms with Gasteiger partial charge in [-0.3, -0.25) is 9.48 Å². The number of aliphatic hydroxyl groups is 1. The molecule has 0 spiro atoms. The van der Waals surface area contributed by atoms with E-state index in [0.29, 0.717) is 43.9 Å². The fourth-order valence-electron chi connectivity index (χ4n) is 4.58. The highest BCUT2D eigenvalue weighted by Gasteiger charge is 2.47. The molecule has 1 aliphatic heterocycles. The van der Waals surface area contributed by atoms with Gasteiger partial charge in [-0.05, 0) is 67.1 Å². The summed E-state index contributed by atoms with van der Waals surface area (Å²) in [4.78, 5) is 14.8. The smallest absolute Gasteiger partial charge is 0.416 e. The average molecular weight is 459 g/mol. The lowest BCUT2D eigenvalue weighted by molar-refractivity contribution is -0.137. The number of halogens is 3. The van der Waals surface area contributed by atoms with Crippen LogP contribution >= 0.6 is 0 Å². The number of nitrogens with zero attached hydrogens (tertiary/aromatic N) is 3. The van der Waals surface area contributed by atoms with E-state index in [2.05, 4.69) is 5.10 Å². The highest BCUT2D eigenvalue weighted by molar-refractivity contribution is 5.88. The second-order valence-corrected chi connectivity index (χ2v) is 8.88. The van der Waals surface area contributed by atoms with Gasteiger partial charge in [0, 0.05) is 37.6 Å². The van der Waals surface area contributed by atoms with Gasteiger partial charge in [-0.25, -0.2) is 0 Å². The third-order valence-electron chi connectivity index (χ3n) is 6.43. The fourth-order valence-corrected chi connectivity index (χ4v) is 4.58. The minimum absolute atomic E-state index is 0.0119. The number of hydrogen-bond acceptors (Lipinski definition) is 4. The Morgan fingerprint density at radius 1 is 1.12 bits per heavy atom. The van der Waals surface area contributed by atoms with Crippen LogP contribution in [0.4, 0.5) is 13.2 Å². The molecule has 2 aromatic carbocycles. The molecule has 9 heteroatoms. The molecular formula is C24H24F3N3O3.